The van der Waals surface area contributed by atoms with Gasteiger partial charge in [0.2, 0.25) is 0 Å². The third-order valence-corrected chi connectivity index (χ3v) is 5.12. The smallest absolute Gasteiger partial charge is 0.337 e. The van der Waals surface area contributed by atoms with Crippen LogP contribution in [0.5, 0.6) is 0 Å². The van der Waals surface area contributed by atoms with E-state index in [9.17, 15) is 9.59 Å². The van der Waals surface area contributed by atoms with Gasteiger partial charge in [-0.15, -0.1) is 0 Å². The van der Waals surface area contributed by atoms with Crippen molar-refractivity contribution in [3.05, 3.63) is 70.3 Å². The Morgan fingerprint density at radius 1 is 1.15 bits per heavy atom. The Morgan fingerprint density at radius 3 is 2.54 bits per heavy atom. The Balaban J connectivity index is 2.00. The fraction of sp³-hybridized carbons (Fsp3) is 0.364. The van der Waals surface area contributed by atoms with Crippen LogP contribution in [0.1, 0.15) is 63.7 Å². The van der Waals surface area contributed by atoms with E-state index in [4.69, 9.17) is 4.74 Å². The van der Waals surface area contributed by atoms with E-state index in [-0.39, 0.29) is 24.0 Å². The fourth-order valence-corrected chi connectivity index (χ4v) is 3.80. The average molecular weight is 351 g/mol. The summed E-state index contributed by atoms with van der Waals surface area (Å²) in [7, 11) is 1.38. The van der Waals surface area contributed by atoms with Crippen LogP contribution in [-0.2, 0) is 11.2 Å². The summed E-state index contributed by atoms with van der Waals surface area (Å²) < 4.78 is 4.85. The first-order chi connectivity index (χ1) is 12.4. The molecule has 0 spiro atoms. The molecule has 26 heavy (non-hydrogen) atoms. The molecule has 1 unspecified atom stereocenters. The molecule has 0 saturated heterocycles. The Kier molecular flexibility index (Phi) is 5.12. The largest absolute Gasteiger partial charge is 0.465 e. The van der Waals surface area contributed by atoms with E-state index in [1.54, 1.807) is 6.07 Å². The molecule has 0 fully saturated rings. The van der Waals surface area contributed by atoms with Crippen molar-refractivity contribution in [1.29, 1.82) is 0 Å². The number of hydrogen-bond acceptors (Lipinski definition) is 3. The van der Waals surface area contributed by atoms with Crippen molar-refractivity contribution in [2.75, 3.05) is 7.11 Å². The van der Waals surface area contributed by atoms with Crippen molar-refractivity contribution in [3.8, 4) is 0 Å². The summed E-state index contributed by atoms with van der Waals surface area (Å²) in [5.41, 5.74) is 4.50. The molecule has 1 aliphatic rings. The summed E-state index contributed by atoms with van der Waals surface area (Å²) >= 11 is 0. The maximum atomic E-state index is 13.3. The summed E-state index contributed by atoms with van der Waals surface area (Å²) in [6.07, 6.45) is 1.78. The van der Waals surface area contributed by atoms with Gasteiger partial charge < -0.3 is 9.64 Å². The standard InChI is InChI=1S/C22H25NO3/c1-14(2)23(21(24)18-8-6-5-7-15(18)3)20-12-11-16-9-10-17(13-19(16)20)22(25)26-4/h5-10,13-14,20H,11-12H2,1-4H3. The number of esters is 1. The van der Waals surface area contributed by atoms with E-state index in [0.29, 0.717) is 5.56 Å². The number of hydrogen-bond donors (Lipinski definition) is 0. The molecule has 0 heterocycles. The predicted octanol–water partition coefficient (Wildman–Crippen LogP) is 4.32. The van der Waals surface area contributed by atoms with Crippen LogP contribution in [0.3, 0.4) is 0 Å². The molecule has 0 aromatic heterocycles. The van der Waals surface area contributed by atoms with Gasteiger partial charge >= 0.3 is 5.97 Å². The average Bonchev–Trinajstić information content (AvgIpc) is 3.04. The van der Waals surface area contributed by atoms with Crippen LogP contribution in [-0.4, -0.2) is 29.9 Å². The molecule has 0 saturated carbocycles. The molecule has 4 nitrogen and oxygen atoms in total. The van der Waals surface area contributed by atoms with Crippen molar-refractivity contribution in [3.63, 3.8) is 0 Å². The van der Waals surface area contributed by atoms with Crippen molar-refractivity contribution in [2.45, 2.75) is 45.7 Å². The van der Waals surface area contributed by atoms with Gasteiger partial charge in [0.05, 0.1) is 18.7 Å². The highest BCUT2D eigenvalue weighted by molar-refractivity contribution is 5.96. The van der Waals surface area contributed by atoms with E-state index in [2.05, 4.69) is 0 Å². The Morgan fingerprint density at radius 2 is 1.88 bits per heavy atom. The summed E-state index contributed by atoms with van der Waals surface area (Å²) in [5.74, 6) is -0.306. The number of carbonyl (C=O) groups is 2. The predicted molar refractivity (Wildman–Crippen MR) is 101 cm³/mol. The zero-order valence-corrected chi connectivity index (χ0v) is 15.8. The monoisotopic (exact) mass is 351 g/mol. The number of carbonyl (C=O) groups excluding carboxylic acids is 2. The molecule has 1 aliphatic carbocycles. The lowest BCUT2D eigenvalue weighted by Crippen LogP contribution is -2.39. The van der Waals surface area contributed by atoms with Gasteiger partial charge in [-0.2, -0.15) is 0 Å². The van der Waals surface area contributed by atoms with Gasteiger partial charge in [0, 0.05) is 11.6 Å². The van der Waals surface area contributed by atoms with Crippen LogP contribution in [0.4, 0.5) is 0 Å². The summed E-state index contributed by atoms with van der Waals surface area (Å²) in [6.45, 7) is 6.04. The van der Waals surface area contributed by atoms with Crippen molar-refractivity contribution in [2.24, 2.45) is 0 Å². The van der Waals surface area contributed by atoms with E-state index in [0.717, 1.165) is 29.5 Å². The zero-order valence-electron chi connectivity index (χ0n) is 15.8. The number of ether oxygens (including phenoxy) is 1. The van der Waals surface area contributed by atoms with Crippen LogP contribution in [0.15, 0.2) is 42.5 Å². The molecule has 0 aliphatic heterocycles. The summed E-state index contributed by atoms with van der Waals surface area (Å²) in [5, 5.41) is 0. The number of methoxy groups -OCH3 is 1. The molecule has 0 radical (unpaired) electrons. The van der Waals surface area contributed by atoms with E-state index < -0.39 is 0 Å². The van der Waals surface area contributed by atoms with Crippen LogP contribution in [0.2, 0.25) is 0 Å². The molecule has 0 bridgehead atoms. The minimum Gasteiger partial charge on any atom is -0.465 e. The summed E-state index contributed by atoms with van der Waals surface area (Å²) in [4.78, 5) is 27.2. The second kappa shape index (κ2) is 7.32. The van der Waals surface area contributed by atoms with E-state index in [1.807, 2.05) is 62.1 Å². The SMILES string of the molecule is COC(=O)c1ccc2c(c1)C(N(C(=O)c1ccccc1C)C(C)C)CC2. The van der Waals surface area contributed by atoms with Crippen molar-refractivity contribution in [1.82, 2.24) is 4.90 Å². The zero-order chi connectivity index (χ0) is 18.8. The number of nitrogens with zero attached hydrogens (tertiary/aromatic N) is 1. The molecule has 3 rings (SSSR count). The highest BCUT2D eigenvalue weighted by Gasteiger charge is 2.34. The molecule has 136 valence electrons. The van der Waals surface area contributed by atoms with E-state index >= 15 is 0 Å². The minimum absolute atomic E-state index is 0.0262. The number of amides is 1. The van der Waals surface area contributed by atoms with Crippen molar-refractivity contribution < 1.29 is 14.3 Å². The Bertz CT molecular complexity index is 841. The first-order valence-electron chi connectivity index (χ1n) is 9.03. The molecule has 1 amide bonds. The molecule has 2 aromatic rings. The van der Waals surface area contributed by atoms with Gasteiger partial charge in [-0.3, -0.25) is 4.79 Å². The number of rotatable bonds is 4. The number of fused-ring (bicyclic) bond motifs is 1. The topological polar surface area (TPSA) is 46.6 Å². The van der Waals surface area contributed by atoms with Crippen LogP contribution >= 0.6 is 0 Å². The maximum absolute atomic E-state index is 13.3. The van der Waals surface area contributed by atoms with Gasteiger partial charge in [0.25, 0.3) is 5.91 Å². The molecule has 4 heteroatoms. The maximum Gasteiger partial charge on any atom is 0.337 e. The van der Waals surface area contributed by atoms with Gasteiger partial charge in [-0.05, 0) is 68.5 Å². The van der Waals surface area contributed by atoms with Crippen LogP contribution in [0, 0.1) is 6.92 Å². The highest BCUT2D eigenvalue weighted by atomic mass is 16.5. The van der Waals surface area contributed by atoms with E-state index in [1.165, 1.54) is 12.7 Å². The Hall–Kier alpha value is -2.62. The first-order valence-corrected chi connectivity index (χ1v) is 9.03. The van der Waals surface area contributed by atoms with Gasteiger partial charge in [0.1, 0.15) is 0 Å². The third kappa shape index (κ3) is 3.24. The number of benzene rings is 2. The molecular formula is C22H25NO3. The third-order valence-electron chi connectivity index (χ3n) is 5.12. The minimum atomic E-state index is -0.347. The van der Waals surface area contributed by atoms with Crippen LogP contribution in [0.25, 0.3) is 0 Å². The van der Waals surface area contributed by atoms with Crippen molar-refractivity contribution >= 4 is 11.9 Å². The lowest BCUT2D eigenvalue weighted by Gasteiger charge is -2.34. The molecule has 0 N–H and O–H groups in total. The Labute approximate surface area is 154 Å². The van der Waals surface area contributed by atoms with Gasteiger partial charge in [0.15, 0.2) is 0 Å². The van der Waals surface area contributed by atoms with Gasteiger partial charge in [-0.1, -0.05) is 24.3 Å². The van der Waals surface area contributed by atoms with Gasteiger partial charge in [-0.25, -0.2) is 4.79 Å². The lowest BCUT2D eigenvalue weighted by atomic mass is 10.00. The first kappa shape index (κ1) is 18.2. The lowest BCUT2D eigenvalue weighted by molar-refractivity contribution is 0.0600. The quantitative estimate of drug-likeness (QED) is 0.771. The molecule has 2 aromatic carbocycles. The second-order valence-electron chi connectivity index (χ2n) is 7.08. The molecular weight excluding hydrogens is 326 g/mol. The highest BCUT2D eigenvalue weighted by Crippen LogP contribution is 2.38. The number of aryl methyl sites for hydroxylation is 2. The normalized spacial score (nSPS) is 15.7. The molecule has 1 atom stereocenters. The summed E-state index contributed by atoms with van der Waals surface area (Å²) in [6, 6.07) is 13.4. The van der Waals surface area contributed by atoms with Crippen LogP contribution < -0.4 is 0 Å². The second-order valence-corrected chi connectivity index (χ2v) is 7.08. The fourth-order valence-electron chi connectivity index (χ4n) is 3.80.